The summed E-state index contributed by atoms with van der Waals surface area (Å²) in [5.74, 6) is -1.19. The number of hydrogen-bond donors (Lipinski definition) is 2. The monoisotopic (exact) mass is 303 g/mol. The highest BCUT2D eigenvalue weighted by Gasteiger charge is 2.66. The van der Waals surface area contributed by atoms with Gasteiger partial charge in [0, 0.05) is 30.1 Å². The van der Waals surface area contributed by atoms with Crippen LogP contribution in [0.2, 0.25) is 0 Å². The minimum Gasteiger partial charge on any atom is -0.479 e. The molecule has 0 heterocycles. The number of ether oxygens (including phenoxy) is 1. The SMILES string of the molecule is CCOC1CC(NC(=O)CC(C)SC)(C(=O)O)C1(C)C. The van der Waals surface area contributed by atoms with Gasteiger partial charge in [-0.1, -0.05) is 20.8 Å². The lowest BCUT2D eigenvalue weighted by molar-refractivity contribution is -0.194. The number of carboxylic acids is 1. The van der Waals surface area contributed by atoms with E-state index in [1.54, 1.807) is 11.8 Å². The van der Waals surface area contributed by atoms with Crippen molar-refractivity contribution in [3.05, 3.63) is 0 Å². The molecule has 1 aliphatic carbocycles. The highest BCUT2D eigenvalue weighted by molar-refractivity contribution is 7.99. The van der Waals surface area contributed by atoms with Crippen LogP contribution >= 0.6 is 11.8 Å². The second kappa shape index (κ2) is 6.35. The van der Waals surface area contributed by atoms with E-state index in [1.807, 2.05) is 34.0 Å². The van der Waals surface area contributed by atoms with E-state index in [1.165, 1.54) is 0 Å². The number of nitrogens with one attached hydrogen (secondary N) is 1. The molecule has 1 amide bonds. The third kappa shape index (κ3) is 2.96. The molecule has 1 rings (SSSR count). The second-order valence-corrected chi connectivity index (χ2v) is 7.16. The second-order valence-electron chi connectivity index (χ2n) is 5.88. The summed E-state index contributed by atoms with van der Waals surface area (Å²) in [5, 5.41) is 12.5. The zero-order valence-electron chi connectivity index (χ0n) is 12.9. The van der Waals surface area contributed by atoms with Gasteiger partial charge in [0.05, 0.1) is 6.10 Å². The van der Waals surface area contributed by atoms with Gasteiger partial charge in [0.2, 0.25) is 5.91 Å². The number of aliphatic carboxylic acids is 1. The van der Waals surface area contributed by atoms with Crippen molar-refractivity contribution in [2.75, 3.05) is 12.9 Å². The molecule has 1 saturated carbocycles. The Hall–Kier alpha value is -0.750. The van der Waals surface area contributed by atoms with Crippen LogP contribution in [0.1, 0.15) is 40.5 Å². The molecule has 0 aromatic carbocycles. The fraction of sp³-hybridized carbons (Fsp3) is 0.857. The largest absolute Gasteiger partial charge is 0.479 e. The van der Waals surface area contributed by atoms with E-state index in [2.05, 4.69) is 5.32 Å². The van der Waals surface area contributed by atoms with E-state index < -0.39 is 16.9 Å². The highest BCUT2D eigenvalue weighted by atomic mass is 32.2. The predicted molar refractivity (Wildman–Crippen MR) is 79.9 cm³/mol. The van der Waals surface area contributed by atoms with Crippen molar-refractivity contribution < 1.29 is 19.4 Å². The summed E-state index contributed by atoms with van der Waals surface area (Å²) in [6, 6.07) is 0. The minimum atomic E-state index is -1.22. The molecule has 3 atom stereocenters. The lowest BCUT2D eigenvalue weighted by atomic mass is 9.54. The van der Waals surface area contributed by atoms with E-state index in [0.29, 0.717) is 19.4 Å². The fourth-order valence-electron chi connectivity index (χ4n) is 2.67. The van der Waals surface area contributed by atoms with Crippen molar-refractivity contribution in [1.29, 1.82) is 0 Å². The van der Waals surface area contributed by atoms with Crippen LogP contribution in [0.25, 0.3) is 0 Å². The van der Waals surface area contributed by atoms with Crippen molar-refractivity contribution in [3.63, 3.8) is 0 Å². The van der Waals surface area contributed by atoms with Crippen molar-refractivity contribution in [2.45, 2.75) is 57.4 Å². The van der Waals surface area contributed by atoms with Crippen molar-refractivity contribution in [2.24, 2.45) is 5.41 Å². The maximum Gasteiger partial charge on any atom is 0.330 e. The van der Waals surface area contributed by atoms with Gasteiger partial charge in [0.25, 0.3) is 0 Å². The number of amides is 1. The Bertz CT molecular complexity index is 385. The molecule has 5 nitrogen and oxygen atoms in total. The number of carboxylic acid groups (broad SMARTS) is 1. The summed E-state index contributed by atoms with van der Waals surface area (Å²) in [5.41, 5.74) is -1.84. The lowest BCUT2D eigenvalue weighted by Crippen LogP contribution is -2.76. The summed E-state index contributed by atoms with van der Waals surface area (Å²) in [6.45, 7) is 8.05. The highest BCUT2D eigenvalue weighted by Crippen LogP contribution is 2.51. The maximum atomic E-state index is 12.0. The molecule has 0 spiro atoms. The van der Waals surface area contributed by atoms with Crippen LogP contribution in [0.4, 0.5) is 0 Å². The number of carbonyl (C=O) groups excluding carboxylic acids is 1. The molecule has 116 valence electrons. The number of carbonyl (C=O) groups is 2. The Balaban J connectivity index is 2.81. The van der Waals surface area contributed by atoms with Gasteiger partial charge in [0.15, 0.2) is 0 Å². The molecule has 1 fully saturated rings. The first kappa shape index (κ1) is 17.3. The van der Waals surface area contributed by atoms with E-state index >= 15 is 0 Å². The van der Waals surface area contributed by atoms with Gasteiger partial charge in [-0.05, 0) is 13.2 Å². The van der Waals surface area contributed by atoms with Crippen LogP contribution in [0.3, 0.4) is 0 Å². The normalized spacial score (nSPS) is 29.4. The van der Waals surface area contributed by atoms with Crippen LogP contribution in [0.5, 0.6) is 0 Å². The summed E-state index contributed by atoms with van der Waals surface area (Å²) < 4.78 is 5.56. The topological polar surface area (TPSA) is 75.6 Å². The van der Waals surface area contributed by atoms with Gasteiger partial charge in [0.1, 0.15) is 5.54 Å². The first-order valence-electron chi connectivity index (χ1n) is 6.90. The summed E-state index contributed by atoms with van der Waals surface area (Å²) in [4.78, 5) is 23.7. The third-order valence-electron chi connectivity index (χ3n) is 4.36. The smallest absolute Gasteiger partial charge is 0.330 e. The van der Waals surface area contributed by atoms with Gasteiger partial charge in [-0.25, -0.2) is 4.79 Å². The standard InChI is InChI=1S/C14H25NO4S/c1-6-19-10-8-14(12(17)18,13(10,3)4)15-11(16)7-9(2)20-5/h9-10H,6-8H2,1-5H3,(H,15,16)(H,17,18). The molecule has 0 saturated heterocycles. The van der Waals surface area contributed by atoms with Gasteiger partial charge in [-0.3, -0.25) is 4.79 Å². The average molecular weight is 303 g/mol. The van der Waals surface area contributed by atoms with E-state index in [9.17, 15) is 14.7 Å². The molecule has 2 N–H and O–H groups in total. The first-order valence-corrected chi connectivity index (χ1v) is 8.18. The molecular weight excluding hydrogens is 278 g/mol. The zero-order chi connectivity index (χ0) is 15.6. The van der Waals surface area contributed by atoms with Gasteiger partial charge in [-0.15, -0.1) is 0 Å². The number of hydrogen-bond acceptors (Lipinski definition) is 4. The molecule has 0 aliphatic heterocycles. The molecule has 20 heavy (non-hydrogen) atoms. The van der Waals surface area contributed by atoms with E-state index in [4.69, 9.17) is 4.74 Å². The molecular formula is C14H25NO4S. The first-order chi connectivity index (χ1) is 9.21. The Morgan fingerprint density at radius 2 is 2.10 bits per heavy atom. The Kier molecular flexibility index (Phi) is 5.49. The molecule has 6 heteroatoms. The summed E-state index contributed by atoms with van der Waals surface area (Å²) in [6.07, 6.45) is 2.44. The van der Waals surface area contributed by atoms with Gasteiger partial charge in [-0.2, -0.15) is 11.8 Å². The van der Waals surface area contributed by atoms with Crippen LogP contribution in [-0.4, -0.2) is 46.7 Å². The Morgan fingerprint density at radius 1 is 1.50 bits per heavy atom. The van der Waals surface area contributed by atoms with Crippen molar-refractivity contribution >= 4 is 23.6 Å². The average Bonchev–Trinajstić information content (AvgIpc) is 2.36. The molecule has 0 radical (unpaired) electrons. The number of thioether (sulfide) groups is 1. The van der Waals surface area contributed by atoms with E-state index in [-0.39, 0.29) is 17.3 Å². The van der Waals surface area contributed by atoms with E-state index in [0.717, 1.165) is 0 Å². The van der Waals surface area contributed by atoms with Crippen molar-refractivity contribution in [1.82, 2.24) is 5.32 Å². The summed E-state index contributed by atoms with van der Waals surface area (Å²) in [7, 11) is 0. The van der Waals surface area contributed by atoms with Crippen LogP contribution < -0.4 is 5.32 Å². The molecule has 0 aromatic rings. The molecule has 3 unspecified atom stereocenters. The fourth-order valence-corrected chi connectivity index (χ4v) is 2.99. The Labute approximate surface area is 124 Å². The quantitative estimate of drug-likeness (QED) is 0.751. The summed E-state index contributed by atoms with van der Waals surface area (Å²) >= 11 is 1.59. The van der Waals surface area contributed by atoms with Crippen LogP contribution in [0.15, 0.2) is 0 Å². The molecule has 0 aromatic heterocycles. The van der Waals surface area contributed by atoms with Crippen molar-refractivity contribution in [3.8, 4) is 0 Å². The lowest BCUT2D eigenvalue weighted by Gasteiger charge is -2.58. The van der Waals surface area contributed by atoms with Gasteiger partial charge < -0.3 is 15.2 Å². The Morgan fingerprint density at radius 3 is 2.50 bits per heavy atom. The molecule has 1 aliphatic rings. The predicted octanol–water partition coefficient (Wildman–Crippen LogP) is 1.90. The van der Waals surface area contributed by atoms with Gasteiger partial charge >= 0.3 is 5.97 Å². The van der Waals surface area contributed by atoms with Crippen LogP contribution in [0, 0.1) is 5.41 Å². The number of rotatable bonds is 7. The zero-order valence-corrected chi connectivity index (χ0v) is 13.7. The minimum absolute atomic E-state index is 0.137. The van der Waals surface area contributed by atoms with Crippen LogP contribution in [-0.2, 0) is 14.3 Å². The maximum absolute atomic E-state index is 12.0. The third-order valence-corrected chi connectivity index (χ3v) is 5.33. The molecule has 0 bridgehead atoms.